The number of nitriles is 1. The van der Waals surface area contributed by atoms with Gasteiger partial charge in [-0.3, -0.25) is 0 Å². The lowest BCUT2D eigenvalue weighted by molar-refractivity contribution is -0.0127. The Morgan fingerprint density at radius 2 is 2.17 bits per heavy atom. The largest absolute Gasteiger partial charge is 0.360 e. The van der Waals surface area contributed by atoms with Crippen molar-refractivity contribution in [2.45, 2.75) is 23.1 Å². The first-order valence-electron chi connectivity index (χ1n) is 5.82. The molecule has 0 fully saturated rings. The summed E-state index contributed by atoms with van der Waals surface area (Å²) in [4.78, 5) is 2.11. The van der Waals surface area contributed by atoms with E-state index < -0.39 is 0 Å². The van der Waals surface area contributed by atoms with E-state index in [0.29, 0.717) is 3.92 Å². The monoisotopic (exact) mass is 354 g/mol. The highest BCUT2D eigenvalue weighted by Gasteiger charge is 2.29. The van der Waals surface area contributed by atoms with Crippen molar-refractivity contribution in [3.8, 4) is 6.07 Å². The van der Waals surface area contributed by atoms with E-state index in [4.69, 9.17) is 10.00 Å². The fourth-order valence-electron chi connectivity index (χ4n) is 2.13. The molecule has 1 heterocycles. The molecule has 3 nitrogen and oxygen atoms in total. The van der Waals surface area contributed by atoms with Crippen LogP contribution >= 0.6 is 22.6 Å². The van der Waals surface area contributed by atoms with Gasteiger partial charge in [-0.15, -0.1) is 0 Å². The molecule has 0 radical (unpaired) electrons. The Morgan fingerprint density at radius 3 is 2.78 bits per heavy atom. The Kier molecular flexibility index (Phi) is 4.61. The molecule has 0 N–H and O–H groups in total. The number of methoxy groups -OCH3 is 1. The van der Waals surface area contributed by atoms with E-state index in [2.05, 4.69) is 45.7 Å². The Balaban J connectivity index is 2.20. The first-order chi connectivity index (χ1) is 8.74. The van der Waals surface area contributed by atoms with Gasteiger partial charge in [-0.1, -0.05) is 52.9 Å². The Bertz CT molecular complexity index is 466. The summed E-state index contributed by atoms with van der Waals surface area (Å²) in [6, 6.07) is 12.5. The molecule has 2 rings (SSSR count). The van der Waals surface area contributed by atoms with Gasteiger partial charge in [-0.05, 0) is 12.0 Å². The zero-order chi connectivity index (χ0) is 13.0. The minimum atomic E-state index is 0.0305. The lowest BCUT2D eigenvalue weighted by Crippen LogP contribution is -2.42. The van der Waals surface area contributed by atoms with Crippen molar-refractivity contribution >= 4 is 22.6 Å². The van der Waals surface area contributed by atoms with Gasteiger partial charge >= 0.3 is 0 Å². The number of rotatable bonds is 3. The van der Waals surface area contributed by atoms with Crippen molar-refractivity contribution < 1.29 is 4.74 Å². The predicted octanol–water partition coefficient (Wildman–Crippen LogP) is 3.08. The molecule has 0 aromatic heterocycles. The Labute approximate surface area is 121 Å². The maximum Gasteiger partial charge on any atom is 0.141 e. The predicted molar refractivity (Wildman–Crippen MR) is 78.9 cm³/mol. The van der Waals surface area contributed by atoms with Crippen LogP contribution in [0, 0.1) is 11.3 Å². The van der Waals surface area contributed by atoms with Crippen LogP contribution in [0.25, 0.3) is 0 Å². The van der Waals surface area contributed by atoms with E-state index in [-0.39, 0.29) is 6.23 Å². The highest BCUT2D eigenvalue weighted by molar-refractivity contribution is 14.1. The molecule has 0 aliphatic carbocycles. The van der Waals surface area contributed by atoms with E-state index >= 15 is 0 Å². The molecule has 0 bridgehead atoms. The summed E-state index contributed by atoms with van der Waals surface area (Å²) in [5.74, 6) is 0. The summed E-state index contributed by atoms with van der Waals surface area (Å²) < 4.78 is 5.85. The fraction of sp³-hybridized carbons (Fsp3) is 0.357. The maximum atomic E-state index is 9.06. The van der Waals surface area contributed by atoms with E-state index in [1.807, 2.05) is 24.4 Å². The van der Waals surface area contributed by atoms with Crippen LogP contribution in [0.5, 0.6) is 0 Å². The third-order valence-electron chi connectivity index (χ3n) is 2.97. The topological polar surface area (TPSA) is 36.3 Å². The minimum Gasteiger partial charge on any atom is -0.360 e. The first kappa shape index (κ1) is 13.4. The van der Waals surface area contributed by atoms with Crippen LogP contribution in [0.1, 0.15) is 12.0 Å². The molecule has 18 heavy (non-hydrogen) atoms. The van der Waals surface area contributed by atoms with Gasteiger partial charge in [0.05, 0.1) is 9.99 Å². The van der Waals surface area contributed by atoms with Gasteiger partial charge < -0.3 is 9.64 Å². The van der Waals surface area contributed by atoms with E-state index in [0.717, 1.165) is 18.5 Å². The van der Waals surface area contributed by atoms with Crippen LogP contribution < -0.4 is 0 Å². The average molecular weight is 354 g/mol. The van der Waals surface area contributed by atoms with E-state index in [1.165, 1.54) is 5.56 Å². The van der Waals surface area contributed by atoms with Crippen molar-refractivity contribution in [3.63, 3.8) is 0 Å². The van der Waals surface area contributed by atoms with Gasteiger partial charge in [-0.2, -0.15) is 5.26 Å². The Morgan fingerprint density at radius 1 is 1.44 bits per heavy atom. The summed E-state index contributed by atoms with van der Waals surface area (Å²) in [5, 5.41) is 9.06. The maximum absolute atomic E-state index is 9.06. The van der Waals surface area contributed by atoms with Gasteiger partial charge in [0, 0.05) is 25.4 Å². The van der Waals surface area contributed by atoms with Crippen LogP contribution in [0.15, 0.2) is 42.1 Å². The number of allylic oxidation sites excluding steroid dienone is 1. The second kappa shape index (κ2) is 6.21. The van der Waals surface area contributed by atoms with Gasteiger partial charge in [0.2, 0.25) is 0 Å². The molecule has 0 saturated carbocycles. The molecular weight excluding hydrogens is 339 g/mol. The van der Waals surface area contributed by atoms with Gasteiger partial charge in [0.25, 0.3) is 0 Å². The second-order valence-electron chi connectivity index (χ2n) is 4.27. The minimum absolute atomic E-state index is 0.0305. The Hall–Kier alpha value is -1.06. The number of halogens is 1. The molecule has 1 aliphatic heterocycles. The summed E-state index contributed by atoms with van der Waals surface area (Å²) in [6.45, 7) is 0.768. The zero-order valence-corrected chi connectivity index (χ0v) is 12.4. The normalized spacial score (nSPS) is 23.4. The number of alkyl halides is 1. The van der Waals surface area contributed by atoms with E-state index in [1.54, 1.807) is 7.11 Å². The second-order valence-corrected chi connectivity index (χ2v) is 5.87. The number of ether oxygens (including phenoxy) is 1. The number of nitrogens with zero attached hydrogens (tertiary/aromatic N) is 2. The summed E-state index contributed by atoms with van der Waals surface area (Å²) in [7, 11) is 1.72. The van der Waals surface area contributed by atoms with Crippen LogP contribution in [-0.4, -0.2) is 22.2 Å². The van der Waals surface area contributed by atoms with Gasteiger partial charge in [0.1, 0.15) is 6.23 Å². The van der Waals surface area contributed by atoms with Crippen LogP contribution in [0.3, 0.4) is 0 Å². The van der Waals surface area contributed by atoms with Crippen molar-refractivity contribution in [1.29, 1.82) is 5.26 Å². The van der Waals surface area contributed by atoms with E-state index in [9.17, 15) is 0 Å². The summed E-state index contributed by atoms with van der Waals surface area (Å²) in [6.07, 6.45) is 2.74. The van der Waals surface area contributed by atoms with Crippen molar-refractivity contribution in [2.75, 3.05) is 7.11 Å². The molecule has 94 valence electrons. The van der Waals surface area contributed by atoms with Crippen molar-refractivity contribution in [3.05, 3.63) is 47.7 Å². The average Bonchev–Trinajstić information content (AvgIpc) is 2.39. The molecule has 0 unspecified atom stereocenters. The molecule has 4 heteroatoms. The molecule has 1 aromatic carbocycles. The molecule has 2 atom stereocenters. The van der Waals surface area contributed by atoms with Crippen LogP contribution in [0.4, 0.5) is 0 Å². The third-order valence-corrected chi connectivity index (χ3v) is 4.02. The lowest BCUT2D eigenvalue weighted by Gasteiger charge is -2.36. The first-order valence-corrected chi connectivity index (χ1v) is 7.06. The van der Waals surface area contributed by atoms with Gasteiger partial charge in [-0.25, -0.2) is 0 Å². The fourth-order valence-corrected chi connectivity index (χ4v) is 3.31. The highest BCUT2D eigenvalue weighted by Crippen LogP contribution is 2.28. The SMILES string of the molecule is CO[C@@H]1[C@@H](I)CC(C#N)=CN1Cc1ccccc1. The molecule has 0 spiro atoms. The third kappa shape index (κ3) is 3.03. The molecule has 1 aliphatic rings. The lowest BCUT2D eigenvalue weighted by atomic mass is 10.1. The van der Waals surface area contributed by atoms with Crippen LogP contribution in [0.2, 0.25) is 0 Å². The zero-order valence-electron chi connectivity index (χ0n) is 10.2. The summed E-state index contributed by atoms with van der Waals surface area (Å²) in [5.41, 5.74) is 2.04. The molecular formula is C14H15IN2O. The van der Waals surface area contributed by atoms with Crippen molar-refractivity contribution in [1.82, 2.24) is 4.90 Å². The molecule has 0 amide bonds. The smallest absolute Gasteiger partial charge is 0.141 e. The number of hydrogen-bond donors (Lipinski definition) is 0. The molecule has 0 saturated heterocycles. The highest BCUT2D eigenvalue weighted by atomic mass is 127. The molecule has 1 aromatic rings. The quantitative estimate of drug-likeness (QED) is 0.618. The summed E-state index contributed by atoms with van der Waals surface area (Å²) >= 11 is 2.36. The standard InChI is InChI=1S/C14H15IN2O/c1-18-14-13(15)7-12(8-16)10-17(14)9-11-5-3-2-4-6-11/h2-6,10,13-14H,7,9H2,1H3/t13-,14+/m0/s1. The number of benzene rings is 1. The van der Waals surface area contributed by atoms with Crippen molar-refractivity contribution in [2.24, 2.45) is 0 Å². The van der Waals surface area contributed by atoms with Gasteiger partial charge in [0.15, 0.2) is 0 Å². The number of hydrogen-bond acceptors (Lipinski definition) is 3. The van der Waals surface area contributed by atoms with Crippen LogP contribution in [-0.2, 0) is 11.3 Å².